The lowest BCUT2D eigenvalue weighted by Gasteiger charge is -2.27. The zero-order valence-electron chi connectivity index (χ0n) is 13.2. The molecule has 1 aromatic carbocycles. The Morgan fingerprint density at radius 1 is 1.39 bits per heavy atom. The van der Waals surface area contributed by atoms with Crippen LogP contribution in [0.4, 0.5) is 0 Å². The standard InChI is InChI=1S/C18H20ClNO2S/c1-13-16(23-12-20-13)7-10-22-17(21)18(8-2-3-9-18)14-5-4-6-15(19)11-14/h4-6,11-12H,2-3,7-10H2,1H3. The molecule has 3 rings (SSSR count). The fourth-order valence-corrected chi connectivity index (χ4v) is 4.27. The van der Waals surface area contributed by atoms with Crippen molar-refractivity contribution in [1.82, 2.24) is 4.98 Å². The number of hydrogen-bond donors (Lipinski definition) is 0. The second kappa shape index (κ2) is 7.02. The molecule has 1 aliphatic rings. The van der Waals surface area contributed by atoms with Gasteiger partial charge in [0.1, 0.15) is 0 Å². The van der Waals surface area contributed by atoms with E-state index in [1.165, 1.54) is 4.88 Å². The minimum absolute atomic E-state index is 0.112. The minimum Gasteiger partial charge on any atom is -0.465 e. The fraction of sp³-hybridized carbons (Fsp3) is 0.444. The number of aromatic nitrogens is 1. The summed E-state index contributed by atoms with van der Waals surface area (Å²) in [6.45, 7) is 2.39. The molecule has 1 saturated carbocycles. The maximum atomic E-state index is 12.8. The third-order valence-electron chi connectivity index (χ3n) is 4.63. The number of nitrogens with zero attached hydrogens (tertiary/aromatic N) is 1. The van der Waals surface area contributed by atoms with Gasteiger partial charge in [-0.2, -0.15) is 0 Å². The van der Waals surface area contributed by atoms with E-state index in [0.29, 0.717) is 11.6 Å². The first-order valence-corrected chi connectivity index (χ1v) is 9.20. The van der Waals surface area contributed by atoms with E-state index in [0.717, 1.165) is 43.4 Å². The number of aryl methyl sites for hydroxylation is 1. The van der Waals surface area contributed by atoms with Gasteiger partial charge in [-0.25, -0.2) is 4.98 Å². The van der Waals surface area contributed by atoms with E-state index in [-0.39, 0.29) is 5.97 Å². The van der Waals surface area contributed by atoms with Gasteiger partial charge in [0.15, 0.2) is 0 Å². The molecular formula is C18H20ClNO2S. The molecule has 0 aliphatic heterocycles. The van der Waals surface area contributed by atoms with Crippen LogP contribution in [-0.2, 0) is 21.4 Å². The number of carbonyl (C=O) groups is 1. The van der Waals surface area contributed by atoms with Gasteiger partial charge in [0.05, 0.1) is 23.2 Å². The molecule has 2 aromatic rings. The molecule has 122 valence electrons. The van der Waals surface area contributed by atoms with E-state index < -0.39 is 5.41 Å². The Morgan fingerprint density at radius 2 is 2.17 bits per heavy atom. The molecule has 0 bridgehead atoms. The molecule has 1 aliphatic carbocycles. The van der Waals surface area contributed by atoms with Gasteiger partial charge in [-0.05, 0) is 37.5 Å². The molecule has 0 amide bonds. The number of esters is 1. The summed E-state index contributed by atoms with van der Waals surface area (Å²) < 4.78 is 5.65. The summed E-state index contributed by atoms with van der Waals surface area (Å²) in [5, 5.41) is 0.668. The Morgan fingerprint density at radius 3 is 2.83 bits per heavy atom. The van der Waals surface area contributed by atoms with E-state index in [2.05, 4.69) is 4.98 Å². The zero-order chi connectivity index (χ0) is 16.3. The largest absolute Gasteiger partial charge is 0.465 e. The van der Waals surface area contributed by atoms with E-state index >= 15 is 0 Å². The van der Waals surface area contributed by atoms with Crippen molar-refractivity contribution in [1.29, 1.82) is 0 Å². The quantitative estimate of drug-likeness (QED) is 0.734. The van der Waals surface area contributed by atoms with Crippen LogP contribution in [0.15, 0.2) is 29.8 Å². The molecule has 0 saturated heterocycles. The van der Waals surface area contributed by atoms with Crippen molar-refractivity contribution in [3.05, 3.63) is 50.9 Å². The Bertz CT molecular complexity index is 692. The van der Waals surface area contributed by atoms with Crippen molar-refractivity contribution in [2.45, 2.75) is 44.4 Å². The highest BCUT2D eigenvalue weighted by Crippen LogP contribution is 2.42. The monoisotopic (exact) mass is 349 g/mol. The van der Waals surface area contributed by atoms with E-state index in [9.17, 15) is 4.79 Å². The van der Waals surface area contributed by atoms with Gasteiger partial charge in [0, 0.05) is 16.3 Å². The van der Waals surface area contributed by atoms with Crippen LogP contribution in [-0.4, -0.2) is 17.6 Å². The highest BCUT2D eigenvalue weighted by atomic mass is 35.5. The molecule has 23 heavy (non-hydrogen) atoms. The molecule has 1 fully saturated rings. The topological polar surface area (TPSA) is 39.2 Å². The van der Waals surface area contributed by atoms with Crippen molar-refractivity contribution < 1.29 is 9.53 Å². The van der Waals surface area contributed by atoms with Crippen LogP contribution in [0.1, 0.15) is 41.8 Å². The maximum Gasteiger partial charge on any atom is 0.316 e. The number of ether oxygens (including phenoxy) is 1. The number of carbonyl (C=O) groups excluding carboxylic acids is 1. The zero-order valence-corrected chi connectivity index (χ0v) is 14.8. The number of rotatable bonds is 5. The van der Waals surface area contributed by atoms with Crippen LogP contribution >= 0.6 is 22.9 Å². The van der Waals surface area contributed by atoms with Gasteiger partial charge in [0.25, 0.3) is 0 Å². The molecule has 0 spiro atoms. The van der Waals surface area contributed by atoms with E-state index in [1.54, 1.807) is 11.3 Å². The summed E-state index contributed by atoms with van der Waals surface area (Å²) in [7, 11) is 0. The first-order chi connectivity index (χ1) is 11.1. The highest BCUT2D eigenvalue weighted by Gasteiger charge is 2.44. The predicted octanol–water partition coefficient (Wildman–Crippen LogP) is 4.70. The Hall–Kier alpha value is -1.39. The molecule has 0 atom stereocenters. The average Bonchev–Trinajstić information content (AvgIpc) is 3.18. The first-order valence-electron chi connectivity index (χ1n) is 7.94. The third-order valence-corrected chi connectivity index (χ3v) is 5.86. The lowest BCUT2D eigenvalue weighted by Crippen LogP contribution is -2.35. The molecule has 1 heterocycles. The second-order valence-electron chi connectivity index (χ2n) is 6.05. The summed E-state index contributed by atoms with van der Waals surface area (Å²) >= 11 is 7.73. The smallest absolute Gasteiger partial charge is 0.316 e. The van der Waals surface area contributed by atoms with Crippen molar-refractivity contribution in [3.63, 3.8) is 0 Å². The third kappa shape index (κ3) is 3.43. The minimum atomic E-state index is -0.520. The number of halogens is 1. The highest BCUT2D eigenvalue weighted by molar-refractivity contribution is 7.09. The summed E-state index contributed by atoms with van der Waals surface area (Å²) in [6.07, 6.45) is 4.51. The van der Waals surface area contributed by atoms with Crippen LogP contribution in [0.2, 0.25) is 5.02 Å². The van der Waals surface area contributed by atoms with Crippen molar-refractivity contribution in [2.24, 2.45) is 0 Å². The van der Waals surface area contributed by atoms with E-state index in [4.69, 9.17) is 16.3 Å². The van der Waals surface area contributed by atoms with Crippen molar-refractivity contribution >= 4 is 28.9 Å². The molecule has 0 radical (unpaired) electrons. The molecule has 3 nitrogen and oxygen atoms in total. The molecule has 1 aromatic heterocycles. The van der Waals surface area contributed by atoms with E-state index in [1.807, 2.05) is 36.7 Å². The van der Waals surface area contributed by atoms with Gasteiger partial charge in [-0.15, -0.1) is 11.3 Å². The first kappa shape index (κ1) is 16.5. The van der Waals surface area contributed by atoms with Gasteiger partial charge >= 0.3 is 5.97 Å². The maximum absolute atomic E-state index is 12.8. The normalized spacial score (nSPS) is 16.4. The van der Waals surface area contributed by atoms with Crippen LogP contribution in [0.3, 0.4) is 0 Å². The lowest BCUT2D eigenvalue weighted by molar-refractivity contribution is -0.150. The summed E-state index contributed by atoms with van der Waals surface area (Å²) in [6, 6.07) is 7.64. The average molecular weight is 350 g/mol. The molecular weight excluding hydrogens is 330 g/mol. The summed E-state index contributed by atoms with van der Waals surface area (Å²) in [4.78, 5) is 18.2. The second-order valence-corrected chi connectivity index (χ2v) is 7.42. The van der Waals surface area contributed by atoms with Gasteiger partial charge in [-0.1, -0.05) is 36.6 Å². The Balaban J connectivity index is 1.71. The molecule has 0 N–H and O–H groups in total. The van der Waals surface area contributed by atoms with Crippen LogP contribution in [0, 0.1) is 6.92 Å². The van der Waals surface area contributed by atoms with Crippen molar-refractivity contribution in [2.75, 3.05) is 6.61 Å². The molecule has 5 heteroatoms. The number of benzene rings is 1. The number of thiazole rings is 1. The Kier molecular flexibility index (Phi) is 5.02. The Labute approximate surface area is 145 Å². The fourth-order valence-electron chi connectivity index (χ4n) is 3.32. The summed E-state index contributed by atoms with van der Waals surface area (Å²) in [5.74, 6) is -0.112. The van der Waals surface area contributed by atoms with Crippen LogP contribution < -0.4 is 0 Å². The van der Waals surface area contributed by atoms with Gasteiger partial charge < -0.3 is 4.74 Å². The van der Waals surface area contributed by atoms with Crippen molar-refractivity contribution in [3.8, 4) is 0 Å². The number of hydrogen-bond acceptors (Lipinski definition) is 4. The van der Waals surface area contributed by atoms with Gasteiger partial charge in [0.2, 0.25) is 0 Å². The molecule has 0 unspecified atom stereocenters. The van der Waals surface area contributed by atoms with Crippen LogP contribution in [0.5, 0.6) is 0 Å². The van der Waals surface area contributed by atoms with Crippen LogP contribution in [0.25, 0.3) is 0 Å². The predicted molar refractivity (Wildman–Crippen MR) is 93.1 cm³/mol. The lowest BCUT2D eigenvalue weighted by atomic mass is 9.79. The SMILES string of the molecule is Cc1ncsc1CCOC(=O)C1(c2cccc(Cl)c2)CCCC1. The van der Waals surface area contributed by atoms with Gasteiger partial charge in [-0.3, -0.25) is 4.79 Å². The summed E-state index contributed by atoms with van der Waals surface area (Å²) in [5.41, 5.74) is 3.32.